The number of carbonyl (C=O) groups is 1. The Kier molecular flexibility index (Phi) is 5.21. The van der Waals surface area contributed by atoms with Gasteiger partial charge in [0.1, 0.15) is 5.75 Å². The van der Waals surface area contributed by atoms with Crippen LogP contribution in [0.3, 0.4) is 0 Å². The molecule has 0 aromatic heterocycles. The Balaban J connectivity index is 0.00000180. The molecule has 2 aromatic rings. The van der Waals surface area contributed by atoms with Gasteiger partial charge in [0, 0.05) is 17.3 Å². The molecule has 3 N–H and O–H groups in total. The summed E-state index contributed by atoms with van der Waals surface area (Å²) in [5.74, 6) is 0.359. The third-order valence-electron chi connectivity index (χ3n) is 2.51. The van der Waals surface area contributed by atoms with E-state index in [2.05, 4.69) is 5.32 Å². The number of hydrogen-bond donors (Lipinski definition) is 2. The van der Waals surface area contributed by atoms with Gasteiger partial charge in [0.2, 0.25) is 0 Å². The standard InChI is InChI=1S/C14H14N2O2.ClH/c1-18-13-9-11(15)7-8-12(13)16-14(17)10-5-3-2-4-6-10;/h2-9H,15H2,1H3,(H,16,17);1H. The van der Waals surface area contributed by atoms with Crippen LogP contribution < -0.4 is 15.8 Å². The zero-order chi connectivity index (χ0) is 13.0. The SMILES string of the molecule is COc1cc(N)ccc1NC(=O)c1ccccc1.Cl. The highest BCUT2D eigenvalue weighted by Crippen LogP contribution is 2.26. The van der Waals surface area contributed by atoms with E-state index in [0.717, 1.165) is 0 Å². The van der Waals surface area contributed by atoms with E-state index >= 15 is 0 Å². The monoisotopic (exact) mass is 278 g/mol. The molecule has 0 bridgehead atoms. The third kappa shape index (κ3) is 3.63. The molecule has 0 atom stereocenters. The van der Waals surface area contributed by atoms with Crippen molar-refractivity contribution >= 4 is 29.7 Å². The van der Waals surface area contributed by atoms with E-state index in [1.807, 2.05) is 18.2 Å². The molecular formula is C14H15ClN2O2. The van der Waals surface area contributed by atoms with Crippen LogP contribution in [0.2, 0.25) is 0 Å². The number of rotatable bonds is 3. The van der Waals surface area contributed by atoms with Crippen LogP contribution in [0.25, 0.3) is 0 Å². The van der Waals surface area contributed by atoms with Crippen molar-refractivity contribution in [3.8, 4) is 5.75 Å². The first-order valence-corrected chi connectivity index (χ1v) is 5.50. The first-order chi connectivity index (χ1) is 8.70. The fourth-order valence-corrected chi connectivity index (χ4v) is 1.60. The van der Waals surface area contributed by atoms with Crippen LogP contribution in [0.5, 0.6) is 5.75 Å². The highest BCUT2D eigenvalue weighted by atomic mass is 35.5. The van der Waals surface area contributed by atoms with Gasteiger partial charge in [-0.15, -0.1) is 12.4 Å². The summed E-state index contributed by atoms with van der Waals surface area (Å²) in [6.07, 6.45) is 0. The molecule has 0 aliphatic heterocycles. The van der Waals surface area contributed by atoms with Crippen molar-refractivity contribution in [2.45, 2.75) is 0 Å². The van der Waals surface area contributed by atoms with Gasteiger partial charge in [-0.25, -0.2) is 0 Å². The summed E-state index contributed by atoms with van der Waals surface area (Å²) in [5.41, 5.74) is 7.43. The van der Waals surface area contributed by atoms with Crippen LogP contribution in [-0.4, -0.2) is 13.0 Å². The Labute approximate surface area is 118 Å². The molecule has 0 aliphatic rings. The molecule has 4 nitrogen and oxygen atoms in total. The predicted octanol–water partition coefficient (Wildman–Crippen LogP) is 2.95. The number of halogens is 1. The van der Waals surface area contributed by atoms with Crippen LogP contribution in [0.1, 0.15) is 10.4 Å². The molecule has 100 valence electrons. The third-order valence-corrected chi connectivity index (χ3v) is 2.51. The zero-order valence-corrected chi connectivity index (χ0v) is 11.2. The fraction of sp³-hybridized carbons (Fsp3) is 0.0714. The van der Waals surface area contributed by atoms with E-state index in [-0.39, 0.29) is 18.3 Å². The average molecular weight is 279 g/mol. The molecule has 0 fully saturated rings. The Hall–Kier alpha value is -2.20. The first kappa shape index (κ1) is 14.9. The summed E-state index contributed by atoms with van der Waals surface area (Å²) in [7, 11) is 1.53. The van der Waals surface area contributed by atoms with Gasteiger partial charge in [0.15, 0.2) is 0 Å². The van der Waals surface area contributed by atoms with Crippen molar-refractivity contribution < 1.29 is 9.53 Å². The van der Waals surface area contributed by atoms with Crippen LogP contribution >= 0.6 is 12.4 Å². The molecule has 0 aliphatic carbocycles. The van der Waals surface area contributed by atoms with Crippen molar-refractivity contribution in [2.75, 3.05) is 18.2 Å². The second kappa shape index (κ2) is 6.66. The number of carbonyl (C=O) groups excluding carboxylic acids is 1. The number of benzene rings is 2. The molecule has 2 rings (SSSR count). The maximum absolute atomic E-state index is 12.0. The van der Waals surface area contributed by atoms with Gasteiger partial charge in [-0.05, 0) is 24.3 Å². The van der Waals surface area contributed by atoms with Crippen molar-refractivity contribution in [3.05, 3.63) is 54.1 Å². The molecule has 0 unspecified atom stereocenters. The lowest BCUT2D eigenvalue weighted by molar-refractivity contribution is 0.102. The predicted molar refractivity (Wildman–Crippen MR) is 79.0 cm³/mol. The van der Waals surface area contributed by atoms with Crippen LogP contribution in [0.15, 0.2) is 48.5 Å². The topological polar surface area (TPSA) is 64.3 Å². The summed E-state index contributed by atoms with van der Waals surface area (Å²) in [5, 5.41) is 2.79. The van der Waals surface area contributed by atoms with Gasteiger partial charge in [-0.3, -0.25) is 4.79 Å². The van der Waals surface area contributed by atoms with Gasteiger partial charge in [0.05, 0.1) is 12.8 Å². The second-order valence-electron chi connectivity index (χ2n) is 3.78. The minimum Gasteiger partial charge on any atom is -0.494 e. The van der Waals surface area contributed by atoms with Gasteiger partial charge in [0.25, 0.3) is 5.91 Å². The summed E-state index contributed by atoms with van der Waals surface area (Å²) in [6, 6.07) is 14.1. The molecule has 0 heterocycles. The summed E-state index contributed by atoms with van der Waals surface area (Å²) in [4.78, 5) is 12.0. The molecule has 0 spiro atoms. The van der Waals surface area contributed by atoms with E-state index in [9.17, 15) is 4.79 Å². The second-order valence-corrected chi connectivity index (χ2v) is 3.78. The molecule has 19 heavy (non-hydrogen) atoms. The number of methoxy groups -OCH3 is 1. The van der Waals surface area contributed by atoms with Crippen molar-refractivity contribution in [1.29, 1.82) is 0 Å². The van der Waals surface area contributed by atoms with Gasteiger partial charge in [-0.2, -0.15) is 0 Å². The largest absolute Gasteiger partial charge is 0.494 e. The molecule has 0 saturated heterocycles. The number of ether oxygens (including phenoxy) is 1. The molecule has 0 radical (unpaired) electrons. The van der Waals surface area contributed by atoms with Crippen LogP contribution in [0.4, 0.5) is 11.4 Å². The molecule has 1 amide bonds. The van der Waals surface area contributed by atoms with Crippen molar-refractivity contribution in [1.82, 2.24) is 0 Å². The molecule has 0 saturated carbocycles. The number of nitrogens with two attached hydrogens (primary N) is 1. The number of anilines is 2. The molecule has 5 heteroatoms. The van der Waals surface area contributed by atoms with E-state index in [1.165, 1.54) is 7.11 Å². The van der Waals surface area contributed by atoms with E-state index in [0.29, 0.717) is 22.7 Å². The lowest BCUT2D eigenvalue weighted by atomic mass is 10.2. The van der Waals surface area contributed by atoms with Gasteiger partial charge < -0.3 is 15.8 Å². The molecular weight excluding hydrogens is 264 g/mol. The summed E-state index contributed by atoms with van der Waals surface area (Å²) >= 11 is 0. The highest BCUT2D eigenvalue weighted by Gasteiger charge is 2.09. The quantitative estimate of drug-likeness (QED) is 0.849. The van der Waals surface area contributed by atoms with Crippen molar-refractivity contribution in [3.63, 3.8) is 0 Å². The fourth-order valence-electron chi connectivity index (χ4n) is 1.60. The van der Waals surface area contributed by atoms with Gasteiger partial charge >= 0.3 is 0 Å². The maximum atomic E-state index is 12.0. The number of nitrogen functional groups attached to an aromatic ring is 1. The zero-order valence-electron chi connectivity index (χ0n) is 10.4. The smallest absolute Gasteiger partial charge is 0.255 e. The van der Waals surface area contributed by atoms with E-state index in [1.54, 1.807) is 30.3 Å². The minimum absolute atomic E-state index is 0. The Morgan fingerprint density at radius 2 is 1.84 bits per heavy atom. The Morgan fingerprint density at radius 3 is 2.47 bits per heavy atom. The normalized spacial score (nSPS) is 9.32. The number of amides is 1. The van der Waals surface area contributed by atoms with E-state index in [4.69, 9.17) is 10.5 Å². The van der Waals surface area contributed by atoms with Gasteiger partial charge in [-0.1, -0.05) is 18.2 Å². The lowest BCUT2D eigenvalue weighted by Gasteiger charge is -2.10. The maximum Gasteiger partial charge on any atom is 0.255 e. The summed E-state index contributed by atoms with van der Waals surface area (Å²) < 4.78 is 5.17. The highest BCUT2D eigenvalue weighted by molar-refractivity contribution is 6.05. The summed E-state index contributed by atoms with van der Waals surface area (Å²) in [6.45, 7) is 0. The average Bonchev–Trinajstić information content (AvgIpc) is 2.41. The number of hydrogen-bond acceptors (Lipinski definition) is 3. The van der Waals surface area contributed by atoms with Crippen LogP contribution in [0, 0.1) is 0 Å². The molecule has 2 aromatic carbocycles. The Morgan fingerprint density at radius 1 is 1.16 bits per heavy atom. The van der Waals surface area contributed by atoms with Crippen LogP contribution in [-0.2, 0) is 0 Å². The van der Waals surface area contributed by atoms with Crippen molar-refractivity contribution in [2.24, 2.45) is 0 Å². The number of nitrogens with one attached hydrogen (secondary N) is 1. The Bertz CT molecular complexity index is 559. The first-order valence-electron chi connectivity index (χ1n) is 5.50. The lowest BCUT2D eigenvalue weighted by Crippen LogP contribution is -2.12. The van der Waals surface area contributed by atoms with E-state index < -0.39 is 0 Å². The minimum atomic E-state index is -0.182.